The van der Waals surface area contributed by atoms with Gasteiger partial charge in [-0.3, -0.25) is 14.9 Å². The molecule has 0 spiro atoms. The molecule has 1 aliphatic rings. The minimum Gasteiger partial charge on any atom is -0.493 e. The van der Waals surface area contributed by atoms with Crippen molar-refractivity contribution in [2.24, 2.45) is 0 Å². The molecule has 10 heteroatoms. The molecule has 37 heavy (non-hydrogen) atoms. The van der Waals surface area contributed by atoms with E-state index in [1.54, 1.807) is 36.4 Å². The second-order valence-corrected chi connectivity index (χ2v) is 9.75. The van der Waals surface area contributed by atoms with Gasteiger partial charge in [0.05, 0.1) is 12.8 Å². The molecule has 3 aromatic rings. The van der Waals surface area contributed by atoms with E-state index in [1.807, 2.05) is 13.8 Å². The Labute approximate surface area is 214 Å². The number of nitrogens with one attached hydrogen (secondary N) is 1. The minimum atomic E-state index is -4.13. The number of carbonyl (C=O) groups is 3. The first-order valence-corrected chi connectivity index (χ1v) is 12.7. The van der Waals surface area contributed by atoms with Gasteiger partial charge in [0.15, 0.2) is 11.5 Å². The Morgan fingerprint density at radius 3 is 2.32 bits per heavy atom. The lowest BCUT2D eigenvalue weighted by atomic mass is 10.0. The molecule has 3 aromatic carbocycles. The number of nitrogens with zero attached hydrogens (tertiary/aromatic N) is 1. The van der Waals surface area contributed by atoms with Crippen molar-refractivity contribution in [3.8, 4) is 11.5 Å². The van der Waals surface area contributed by atoms with E-state index < -0.39 is 28.0 Å². The number of urea groups is 1. The molecule has 9 nitrogen and oxygen atoms in total. The van der Waals surface area contributed by atoms with Crippen molar-refractivity contribution in [2.75, 3.05) is 12.0 Å². The van der Waals surface area contributed by atoms with Gasteiger partial charge in [-0.15, -0.1) is 0 Å². The summed E-state index contributed by atoms with van der Waals surface area (Å²) in [7, 11) is -2.80. The number of hydrogen-bond acceptors (Lipinski definition) is 7. The Morgan fingerprint density at radius 2 is 1.65 bits per heavy atom. The Bertz CT molecular complexity index is 1530. The van der Waals surface area contributed by atoms with Crippen LogP contribution in [0.15, 0.2) is 77.2 Å². The second-order valence-electron chi connectivity index (χ2n) is 8.20. The van der Waals surface area contributed by atoms with Crippen LogP contribution < -0.4 is 19.1 Å². The molecule has 1 saturated heterocycles. The first kappa shape index (κ1) is 25.6. The highest BCUT2D eigenvalue weighted by atomic mass is 32.2. The highest BCUT2D eigenvalue weighted by Gasteiger charge is 2.37. The van der Waals surface area contributed by atoms with Gasteiger partial charge in [-0.05, 0) is 60.9 Å². The zero-order chi connectivity index (χ0) is 26.7. The zero-order valence-electron chi connectivity index (χ0n) is 20.3. The molecule has 1 heterocycles. The van der Waals surface area contributed by atoms with Crippen molar-refractivity contribution in [1.29, 1.82) is 0 Å². The van der Waals surface area contributed by atoms with Gasteiger partial charge in [0.25, 0.3) is 11.8 Å². The molecule has 0 radical (unpaired) electrons. The molecule has 0 aromatic heterocycles. The molecule has 4 rings (SSSR count). The fraction of sp³-hybridized carbons (Fsp3) is 0.148. The van der Waals surface area contributed by atoms with Crippen LogP contribution in [-0.4, -0.2) is 33.4 Å². The van der Waals surface area contributed by atoms with Crippen molar-refractivity contribution in [3.63, 3.8) is 0 Å². The van der Waals surface area contributed by atoms with Crippen LogP contribution in [0.25, 0.3) is 6.08 Å². The number of benzene rings is 3. The first-order chi connectivity index (χ1) is 17.6. The molecule has 190 valence electrons. The van der Waals surface area contributed by atoms with E-state index in [9.17, 15) is 22.8 Å². The van der Waals surface area contributed by atoms with E-state index in [2.05, 4.69) is 5.32 Å². The summed E-state index contributed by atoms with van der Waals surface area (Å²) < 4.78 is 36.0. The third kappa shape index (κ3) is 5.24. The summed E-state index contributed by atoms with van der Waals surface area (Å²) >= 11 is 0. The van der Waals surface area contributed by atoms with Crippen LogP contribution >= 0.6 is 0 Å². The summed E-state index contributed by atoms with van der Waals surface area (Å²) in [4.78, 5) is 39.3. The number of para-hydroxylation sites is 1. The predicted octanol–water partition coefficient (Wildman–Crippen LogP) is 4.00. The molecule has 1 N–H and O–H groups in total. The van der Waals surface area contributed by atoms with E-state index >= 15 is 0 Å². The third-order valence-electron chi connectivity index (χ3n) is 5.72. The lowest BCUT2D eigenvalue weighted by Gasteiger charge is -2.28. The van der Waals surface area contributed by atoms with Gasteiger partial charge < -0.3 is 8.92 Å². The highest BCUT2D eigenvalue weighted by molar-refractivity contribution is 7.87. The number of aryl methyl sites for hydroxylation is 2. The number of carbonyl (C=O) groups excluding carboxylic acids is 3. The zero-order valence-corrected chi connectivity index (χ0v) is 21.2. The summed E-state index contributed by atoms with van der Waals surface area (Å²) in [5.41, 5.74) is 2.13. The van der Waals surface area contributed by atoms with Crippen molar-refractivity contribution in [1.82, 2.24) is 5.32 Å². The average molecular weight is 521 g/mol. The monoisotopic (exact) mass is 520 g/mol. The molecule has 0 unspecified atom stereocenters. The number of hydrogen-bond donors (Lipinski definition) is 1. The van der Waals surface area contributed by atoms with E-state index in [-0.39, 0.29) is 22.0 Å². The number of amides is 4. The van der Waals surface area contributed by atoms with Gasteiger partial charge >= 0.3 is 16.1 Å². The van der Waals surface area contributed by atoms with Crippen molar-refractivity contribution < 1.29 is 31.7 Å². The number of rotatable bonds is 7. The molecule has 1 fully saturated rings. The van der Waals surface area contributed by atoms with Crippen LogP contribution in [0.2, 0.25) is 0 Å². The van der Waals surface area contributed by atoms with Crippen molar-refractivity contribution in [2.45, 2.75) is 25.2 Å². The molecule has 0 aliphatic carbocycles. The molecular formula is C27H24N2O7S. The van der Waals surface area contributed by atoms with Crippen molar-refractivity contribution >= 4 is 39.7 Å². The SMILES string of the molecule is CCc1ccccc1N1C(=O)NC(=O)/C(=C/c2ccc(OS(=O)(=O)c3ccc(C)cc3)c(OC)c2)C1=O. The van der Waals surface area contributed by atoms with Gasteiger partial charge in [0.2, 0.25) is 0 Å². The van der Waals surface area contributed by atoms with Gasteiger partial charge in [-0.25, -0.2) is 9.69 Å². The van der Waals surface area contributed by atoms with Crippen LogP contribution in [0.5, 0.6) is 11.5 Å². The normalized spacial score (nSPS) is 15.1. The van der Waals surface area contributed by atoms with E-state index in [0.717, 1.165) is 16.0 Å². The Hall–Kier alpha value is -4.44. The molecule has 0 bridgehead atoms. The van der Waals surface area contributed by atoms with Crippen LogP contribution in [-0.2, 0) is 26.1 Å². The van der Waals surface area contributed by atoms with Crippen molar-refractivity contribution in [3.05, 3.63) is 89.0 Å². The predicted molar refractivity (Wildman–Crippen MR) is 137 cm³/mol. The number of anilines is 1. The summed E-state index contributed by atoms with van der Waals surface area (Å²) in [6.07, 6.45) is 1.87. The van der Waals surface area contributed by atoms with Gasteiger partial charge in [0, 0.05) is 0 Å². The van der Waals surface area contributed by atoms with E-state index in [0.29, 0.717) is 17.7 Å². The largest absolute Gasteiger partial charge is 0.493 e. The smallest absolute Gasteiger partial charge is 0.339 e. The Balaban J connectivity index is 1.67. The van der Waals surface area contributed by atoms with E-state index in [1.165, 1.54) is 43.5 Å². The topological polar surface area (TPSA) is 119 Å². The Kier molecular flexibility index (Phi) is 7.12. The minimum absolute atomic E-state index is 0.0204. The highest BCUT2D eigenvalue weighted by Crippen LogP contribution is 2.32. The molecule has 1 aliphatic heterocycles. The quantitative estimate of drug-likeness (QED) is 0.284. The van der Waals surface area contributed by atoms with Gasteiger partial charge in [0.1, 0.15) is 10.5 Å². The summed E-state index contributed by atoms with van der Waals surface area (Å²) in [5.74, 6) is -1.63. The first-order valence-electron chi connectivity index (χ1n) is 11.3. The molecule has 4 amide bonds. The Morgan fingerprint density at radius 1 is 0.946 bits per heavy atom. The van der Waals surface area contributed by atoms with Gasteiger partial charge in [-0.1, -0.05) is 48.9 Å². The summed E-state index contributed by atoms with van der Waals surface area (Å²) in [6, 6.07) is 16.5. The van der Waals surface area contributed by atoms with Crippen LogP contribution in [0.1, 0.15) is 23.6 Å². The average Bonchev–Trinajstić information content (AvgIpc) is 2.87. The maximum atomic E-state index is 13.2. The fourth-order valence-corrected chi connectivity index (χ4v) is 4.72. The lowest BCUT2D eigenvalue weighted by Crippen LogP contribution is -2.54. The lowest BCUT2D eigenvalue weighted by molar-refractivity contribution is -0.122. The summed E-state index contributed by atoms with van der Waals surface area (Å²) in [6.45, 7) is 3.73. The number of methoxy groups -OCH3 is 1. The maximum Gasteiger partial charge on any atom is 0.339 e. The molecule has 0 atom stereocenters. The third-order valence-corrected chi connectivity index (χ3v) is 6.97. The van der Waals surface area contributed by atoms with E-state index in [4.69, 9.17) is 8.92 Å². The van der Waals surface area contributed by atoms with Crippen LogP contribution in [0.4, 0.5) is 10.5 Å². The standard InChI is InChI=1S/C27H24N2O7S/c1-4-19-7-5-6-8-22(19)29-26(31)21(25(30)28-27(29)32)15-18-11-14-23(24(16-18)35-3)36-37(33,34)20-12-9-17(2)10-13-20/h5-16H,4H2,1-3H3,(H,28,30,32)/b21-15-. The number of imide groups is 2. The summed E-state index contributed by atoms with van der Waals surface area (Å²) in [5, 5.41) is 2.20. The number of barbiturate groups is 1. The number of ether oxygens (including phenoxy) is 1. The molecule has 0 saturated carbocycles. The molecular weight excluding hydrogens is 496 g/mol. The van der Waals surface area contributed by atoms with Crippen LogP contribution in [0, 0.1) is 6.92 Å². The fourth-order valence-electron chi connectivity index (χ4n) is 3.78. The van der Waals surface area contributed by atoms with Gasteiger partial charge in [-0.2, -0.15) is 8.42 Å². The second kappa shape index (κ2) is 10.3. The van der Waals surface area contributed by atoms with Crippen LogP contribution in [0.3, 0.4) is 0 Å². The maximum absolute atomic E-state index is 13.2.